The van der Waals surface area contributed by atoms with Crippen LogP contribution in [0.4, 0.5) is 0 Å². The maximum Gasteiger partial charge on any atom is 0.146 e. The molecule has 6 aromatic rings. The molecule has 8 rings (SSSR count). The van der Waals surface area contributed by atoms with Crippen molar-refractivity contribution < 1.29 is 0 Å². The summed E-state index contributed by atoms with van der Waals surface area (Å²) in [5.74, 6) is 1.43. The van der Waals surface area contributed by atoms with Crippen LogP contribution in [0.25, 0.3) is 49.7 Å². The van der Waals surface area contributed by atoms with Gasteiger partial charge in [-0.15, -0.1) is 11.8 Å². The highest BCUT2D eigenvalue weighted by atomic mass is 32.2. The van der Waals surface area contributed by atoms with Crippen LogP contribution in [-0.4, -0.2) is 14.8 Å². The molecule has 2 unspecified atom stereocenters. The number of thioether (sulfide) groups is 1. The van der Waals surface area contributed by atoms with Gasteiger partial charge in [0.1, 0.15) is 5.82 Å². The minimum atomic E-state index is 0.424. The van der Waals surface area contributed by atoms with Crippen molar-refractivity contribution in [3.63, 3.8) is 0 Å². The van der Waals surface area contributed by atoms with Crippen molar-refractivity contribution in [1.82, 2.24) is 9.55 Å². The van der Waals surface area contributed by atoms with Crippen molar-refractivity contribution in [2.75, 3.05) is 0 Å². The predicted molar refractivity (Wildman–Crippen MR) is 152 cm³/mol. The fourth-order valence-electron chi connectivity index (χ4n) is 5.83. The van der Waals surface area contributed by atoms with Gasteiger partial charge in [-0.2, -0.15) is 0 Å². The number of nitrogens with zero attached hydrogens (tertiary/aromatic N) is 2. The molecule has 2 heterocycles. The zero-order chi connectivity index (χ0) is 23.6. The van der Waals surface area contributed by atoms with Crippen molar-refractivity contribution >= 4 is 44.3 Å². The lowest BCUT2D eigenvalue weighted by Gasteiger charge is -2.15. The molecule has 1 aliphatic carbocycles. The molecule has 0 N–H and O–H groups in total. The van der Waals surface area contributed by atoms with Crippen LogP contribution in [0.3, 0.4) is 0 Å². The molecule has 0 spiro atoms. The Bertz CT molecular complexity index is 1890. The first kappa shape index (κ1) is 20.1. The van der Waals surface area contributed by atoms with E-state index in [2.05, 4.69) is 126 Å². The number of imidazole rings is 1. The van der Waals surface area contributed by atoms with E-state index in [0.29, 0.717) is 11.2 Å². The zero-order valence-corrected chi connectivity index (χ0v) is 20.3. The molecule has 3 heteroatoms. The minimum Gasteiger partial charge on any atom is -0.292 e. The van der Waals surface area contributed by atoms with Crippen molar-refractivity contribution in [2.45, 2.75) is 16.1 Å². The van der Waals surface area contributed by atoms with Crippen molar-refractivity contribution in [1.29, 1.82) is 0 Å². The van der Waals surface area contributed by atoms with E-state index in [0.717, 1.165) is 16.9 Å². The van der Waals surface area contributed by atoms with E-state index >= 15 is 0 Å². The first-order chi connectivity index (χ1) is 17.8. The first-order valence-electron chi connectivity index (χ1n) is 12.4. The van der Waals surface area contributed by atoms with Crippen LogP contribution in [0.15, 0.2) is 126 Å². The average Bonchev–Trinajstić information content (AvgIpc) is 3.49. The SMILES string of the molecule is C1=CC2Sc3c(-c4nc5cc6ccccc6cc5n4-c4cccc5ccccc45)cccc3C2C=C1. The fraction of sp³-hybridized carbons (Fsp3) is 0.0606. The van der Waals surface area contributed by atoms with Gasteiger partial charge in [-0.3, -0.25) is 4.57 Å². The zero-order valence-electron chi connectivity index (χ0n) is 19.5. The van der Waals surface area contributed by atoms with E-state index in [9.17, 15) is 0 Å². The molecule has 0 bridgehead atoms. The number of hydrogen-bond donors (Lipinski definition) is 0. The van der Waals surface area contributed by atoms with Crippen LogP contribution in [-0.2, 0) is 0 Å². The van der Waals surface area contributed by atoms with Crippen molar-refractivity contribution in [3.05, 3.63) is 127 Å². The van der Waals surface area contributed by atoms with Crippen LogP contribution < -0.4 is 0 Å². The van der Waals surface area contributed by atoms with Crippen LogP contribution >= 0.6 is 11.8 Å². The second-order valence-corrected chi connectivity index (χ2v) is 10.7. The van der Waals surface area contributed by atoms with Crippen LogP contribution in [0.5, 0.6) is 0 Å². The number of benzene rings is 5. The highest BCUT2D eigenvalue weighted by Crippen LogP contribution is 2.52. The molecule has 5 aromatic carbocycles. The normalized spacial score (nSPS) is 18.2. The third-order valence-corrected chi connectivity index (χ3v) is 8.93. The Kier molecular flexibility index (Phi) is 4.31. The number of allylic oxidation sites excluding steroid dienone is 3. The molecule has 170 valence electrons. The molecule has 1 aliphatic heterocycles. The Hall–Kier alpha value is -4.08. The molecule has 2 nitrogen and oxygen atoms in total. The maximum absolute atomic E-state index is 5.32. The van der Waals surface area contributed by atoms with E-state index in [1.807, 2.05) is 11.8 Å². The lowest BCUT2D eigenvalue weighted by molar-refractivity contribution is 0.880. The molecular formula is C33H22N2S. The summed E-state index contributed by atoms with van der Waals surface area (Å²) in [4.78, 5) is 6.68. The number of hydrogen-bond acceptors (Lipinski definition) is 2. The van der Waals surface area contributed by atoms with Gasteiger partial charge >= 0.3 is 0 Å². The molecule has 0 amide bonds. The molecule has 0 radical (unpaired) electrons. The fourth-order valence-corrected chi connectivity index (χ4v) is 7.28. The van der Waals surface area contributed by atoms with Crippen LogP contribution in [0, 0.1) is 0 Å². The molecule has 36 heavy (non-hydrogen) atoms. The van der Waals surface area contributed by atoms with E-state index in [-0.39, 0.29) is 0 Å². The number of rotatable bonds is 2. The molecule has 0 fully saturated rings. The summed E-state index contributed by atoms with van der Waals surface area (Å²) in [5.41, 5.74) is 5.94. The molecule has 0 saturated carbocycles. The van der Waals surface area contributed by atoms with Gasteiger partial charge in [0.2, 0.25) is 0 Å². The average molecular weight is 479 g/mol. The smallest absolute Gasteiger partial charge is 0.146 e. The van der Waals surface area contributed by atoms with E-state index in [4.69, 9.17) is 4.98 Å². The molecule has 2 aliphatic rings. The lowest BCUT2D eigenvalue weighted by atomic mass is 9.91. The van der Waals surface area contributed by atoms with E-state index in [1.165, 1.54) is 43.3 Å². The lowest BCUT2D eigenvalue weighted by Crippen LogP contribution is -2.06. The standard InChI is InChI=1S/C33H22N2S/c1-2-11-23-20-30-28(19-22(23)10-1)34-33(35(30)29-17-7-12-21-9-3-4-13-24(21)29)27-16-8-15-26-25-14-5-6-18-31(25)36-32(26)27/h1-20,25,31H. The summed E-state index contributed by atoms with van der Waals surface area (Å²) in [6.45, 7) is 0. The Balaban J connectivity index is 1.48. The third-order valence-electron chi connectivity index (χ3n) is 7.51. The van der Waals surface area contributed by atoms with Crippen molar-refractivity contribution in [2.24, 2.45) is 0 Å². The number of fused-ring (bicyclic) bond motifs is 6. The summed E-state index contributed by atoms with van der Waals surface area (Å²) < 4.78 is 2.38. The van der Waals surface area contributed by atoms with E-state index in [1.54, 1.807) is 0 Å². The minimum absolute atomic E-state index is 0.424. The van der Waals surface area contributed by atoms with Gasteiger partial charge in [0, 0.05) is 27.0 Å². The van der Waals surface area contributed by atoms with Crippen LogP contribution in [0.2, 0.25) is 0 Å². The summed E-state index contributed by atoms with van der Waals surface area (Å²) in [5, 5.41) is 5.36. The second-order valence-electron chi connectivity index (χ2n) is 9.56. The topological polar surface area (TPSA) is 17.8 Å². The number of aromatic nitrogens is 2. The third kappa shape index (κ3) is 2.90. The van der Waals surface area contributed by atoms with Gasteiger partial charge in [-0.1, -0.05) is 103 Å². The Morgan fingerprint density at radius 3 is 2.36 bits per heavy atom. The predicted octanol–water partition coefficient (Wildman–Crippen LogP) is 8.68. The highest BCUT2D eigenvalue weighted by Gasteiger charge is 2.34. The van der Waals surface area contributed by atoms with Gasteiger partial charge in [-0.25, -0.2) is 4.98 Å². The van der Waals surface area contributed by atoms with Gasteiger partial charge in [0.25, 0.3) is 0 Å². The molecule has 1 aromatic heterocycles. The summed E-state index contributed by atoms with van der Waals surface area (Å²) in [6.07, 6.45) is 9.03. The Morgan fingerprint density at radius 2 is 1.44 bits per heavy atom. The van der Waals surface area contributed by atoms with Gasteiger partial charge < -0.3 is 0 Å². The van der Waals surface area contributed by atoms with Gasteiger partial charge in [0.05, 0.1) is 16.7 Å². The quantitative estimate of drug-likeness (QED) is 0.248. The van der Waals surface area contributed by atoms with E-state index < -0.39 is 0 Å². The summed E-state index contributed by atoms with van der Waals surface area (Å²) in [7, 11) is 0. The first-order valence-corrected chi connectivity index (χ1v) is 13.3. The molecule has 2 atom stereocenters. The molecular weight excluding hydrogens is 456 g/mol. The highest BCUT2D eigenvalue weighted by molar-refractivity contribution is 8.00. The van der Waals surface area contributed by atoms with Crippen LogP contribution in [0.1, 0.15) is 11.5 Å². The summed E-state index contributed by atoms with van der Waals surface area (Å²) in [6, 6.07) is 35.0. The maximum atomic E-state index is 5.32. The Morgan fingerprint density at radius 1 is 0.694 bits per heavy atom. The van der Waals surface area contributed by atoms with Gasteiger partial charge in [-0.05, 0) is 39.9 Å². The van der Waals surface area contributed by atoms with Gasteiger partial charge in [0.15, 0.2) is 0 Å². The monoisotopic (exact) mass is 478 g/mol. The molecule has 0 saturated heterocycles. The summed E-state index contributed by atoms with van der Waals surface area (Å²) >= 11 is 1.97. The second kappa shape index (κ2) is 7.71. The largest absolute Gasteiger partial charge is 0.292 e. The van der Waals surface area contributed by atoms with Crippen molar-refractivity contribution in [3.8, 4) is 17.1 Å². The Labute approximate surface area is 213 Å².